The Labute approximate surface area is 489 Å². The van der Waals surface area contributed by atoms with Crippen LogP contribution in [0.25, 0.3) is 0 Å². The first-order valence-electron chi connectivity index (χ1n) is 33.7. The molecule has 1 unspecified atom stereocenters. The third-order valence-corrected chi connectivity index (χ3v) is 14.5. The zero-order valence-electron chi connectivity index (χ0n) is 52.1. The summed E-state index contributed by atoms with van der Waals surface area (Å²) in [5.41, 5.74) is 0. The highest BCUT2D eigenvalue weighted by Gasteiger charge is 2.19. The number of esters is 3. The number of allylic oxidation sites excluding steroid dienone is 16. The van der Waals surface area contributed by atoms with Gasteiger partial charge in [-0.1, -0.05) is 298 Å². The van der Waals surface area contributed by atoms with Gasteiger partial charge >= 0.3 is 17.9 Å². The minimum absolute atomic E-state index is 0.103. The number of rotatable bonds is 61. The normalized spacial score (nSPS) is 12.7. The van der Waals surface area contributed by atoms with Crippen LogP contribution in [0, 0.1) is 0 Å². The van der Waals surface area contributed by atoms with Crippen LogP contribution in [0.2, 0.25) is 0 Å². The molecule has 0 aromatic heterocycles. The van der Waals surface area contributed by atoms with Crippen molar-refractivity contribution < 1.29 is 28.6 Å². The van der Waals surface area contributed by atoms with E-state index in [1.807, 2.05) is 0 Å². The van der Waals surface area contributed by atoms with E-state index in [0.717, 1.165) is 109 Å². The van der Waals surface area contributed by atoms with E-state index >= 15 is 0 Å². The van der Waals surface area contributed by atoms with Crippen LogP contribution in [-0.4, -0.2) is 37.2 Å². The number of unbranched alkanes of at least 4 members (excludes halogenated alkanes) is 34. The zero-order valence-corrected chi connectivity index (χ0v) is 52.1. The zero-order chi connectivity index (χ0) is 57.1. The SMILES string of the molecule is CC/C=C\C/C=C\C/C=C\C/C=C\C/C=C\CCCC(=O)OC(COC(=O)CCCCCCC/C=C\C/C=C\CCC)COC(=O)CCCCCCCCCCCCCCCCCCCCC/C=C\CCCCCCCCCC. The molecule has 1 atom stereocenters. The fraction of sp³-hybridized carbons (Fsp3) is 0.740. The maximum Gasteiger partial charge on any atom is 0.306 e. The molecule has 0 N–H and O–H groups in total. The van der Waals surface area contributed by atoms with Gasteiger partial charge in [-0.3, -0.25) is 14.4 Å². The molecule has 6 nitrogen and oxygen atoms in total. The fourth-order valence-electron chi connectivity index (χ4n) is 9.51. The van der Waals surface area contributed by atoms with Crippen LogP contribution in [0.5, 0.6) is 0 Å². The number of carbonyl (C=O) groups is 3. The highest BCUT2D eigenvalue weighted by molar-refractivity contribution is 5.71. The third-order valence-electron chi connectivity index (χ3n) is 14.5. The molecule has 0 amide bonds. The molecule has 79 heavy (non-hydrogen) atoms. The van der Waals surface area contributed by atoms with E-state index in [0.29, 0.717) is 19.3 Å². The Kier molecular flexibility index (Phi) is 63.7. The van der Waals surface area contributed by atoms with Crippen molar-refractivity contribution in [1.29, 1.82) is 0 Å². The molecular formula is C73H126O6. The summed E-state index contributed by atoms with van der Waals surface area (Å²) >= 11 is 0. The number of hydrogen-bond acceptors (Lipinski definition) is 6. The minimum atomic E-state index is -0.814. The summed E-state index contributed by atoms with van der Waals surface area (Å²) in [5, 5.41) is 0. The molecule has 0 saturated heterocycles. The summed E-state index contributed by atoms with van der Waals surface area (Å²) in [6.07, 6.45) is 90.2. The predicted octanol–water partition coefficient (Wildman–Crippen LogP) is 23.2. The summed E-state index contributed by atoms with van der Waals surface area (Å²) in [6, 6.07) is 0. The highest BCUT2D eigenvalue weighted by atomic mass is 16.6. The maximum absolute atomic E-state index is 12.9. The lowest BCUT2D eigenvalue weighted by Crippen LogP contribution is -2.30. The second-order valence-electron chi connectivity index (χ2n) is 22.3. The maximum atomic E-state index is 12.9. The van der Waals surface area contributed by atoms with Crippen LogP contribution < -0.4 is 0 Å². The van der Waals surface area contributed by atoms with Gasteiger partial charge in [0.25, 0.3) is 0 Å². The van der Waals surface area contributed by atoms with Gasteiger partial charge in [-0.25, -0.2) is 0 Å². The number of ether oxygens (including phenoxy) is 3. The van der Waals surface area contributed by atoms with Gasteiger partial charge in [0.1, 0.15) is 13.2 Å². The van der Waals surface area contributed by atoms with E-state index in [9.17, 15) is 14.4 Å². The van der Waals surface area contributed by atoms with E-state index in [1.165, 1.54) is 173 Å². The lowest BCUT2D eigenvalue weighted by molar-refractivity contribution is -0.167. The quantitative estimate of drug-likeness (QED) is 0.0261. The van der Waals surface area contributed by atoms with Gasteiger partial charge in [-0.05, 0) is 109 Å². The van der Waals surface area contributed by atoms with Crippen molar-refractivity contribution >= 4 is 17.9 Å². The molecule has 0 saturated carbocycles. The Balaban J connectivity index is 4.23. The lowest BCUT2D eigenvalue weighted by Gasteiger charge is -2.18. The summed E-state index contributed by atoms with van der Waals surface area (Å²) in [4.78, 5) is 38.3. The number of hydrogen-bond donors (Lipinski definition) is 0. The molecule has 0 fully saturated rings. The Morgan fingerprint density at radius 2 is 0.532 bits per heavy atom. The summed E-state index contributed by atoms with van der Waals surface area (Å²) in [6.45, 7) is 6.43. The van der Waals surface area contributed by atoms with Crippen molar-refractivity contribution in [3.05, 3.63) is 97.2 Å². The van der Waals surface area contributed by atoms with Crippen molar-refractivity contribution in [1.82, 2.24) is 0 Å². The Morgan fingerprint density at radius 1 is 0.266 bits per heavy atom. The van der Waals surface area contributed by atoms with Gasteiger partial charge in [-0.2, -0.15) is 0 Å². The molecule has 0 bridgehead atoms. The molecule has 0 rings (SSSR count). The van der Waals surface area contributed by atoms with Gasteiger partial charge in [-0.15, -0.1) is 0 Å². The monoisotopic (exact) mass is 1100 g/mol. The first-order chi connectivity index (χ1) is 39.0. The van der Waals surface area contributed by atoms with Crippen LogP contribution >= 0.6 is 0 Å². The van der Waals surface area contributed by atoms with Crippen LogP contribution in [-0.2, 0) is 28.6 Å². The molecule has 0 aliphatic carbocycles. The van der Waals surface area contributed by atoms with Gasteiger partial charge < -0.3 is 14.2 Å². The molecular weight excluding hydrogens is 973 g/mol. The molecule has 0 aliphatic heterocycles. The van der Waals surface area contributed by atoms with Crippen molar-refractivity contribution in [2.75, 3.05) is 13.2 Å². The van der Waals surface area contributed by atoms with Crippen LogP contribution in [0.4, 0.5) is 0 Å². The van der Waals surface area contributed by atoms with Crippen molar-refractivity contribution in [2.45, 2.75) is 335 Å². The summed E-state index contributed by atoms with van der Waals surface area (Å²) in [7, 11) is 0. The van der Waals surface area contributed by atoms with Crippen molar-refractivity contribution in [3.63, 3.8) is 0 Å². The van der Waals surface area contributed by atoms with Gasteiger partial charge in [0.15, 0.2) is 6.10 Å². The van der Waals surface area contributed by atoms with Gasteiger partial charge in [0.05, 0.1) is 0 Å². The van der Waals surface area contributed by atoms with Gasteiger partial charge in [0, 0.05) is 19.3 Å². The topological polar surface area (TPSA) is 78.9 Å². The van der Waals surface area contributed by atoms with E-state index < -0.39 is 6.10 Å². The van der Waals surface area contributed by atoms with E-state index in [-0.39, 0.29) is 37.5 Å². The molecule has 0 aromatic carbocycles. The second-order valence-corrected chi connectivity index (χ2v) is 22.3. The van der Waals surface area contributed by atoms with Crippen LogP contribution in [0.1, 0.15) is 329 Å². The predicted molar refractivity (Wildman–Crippen MR) is 344 cm³/mol. The average Bonchev–Trinajstić information content (AvgIpc) is 3.45. The van der Waals surface area contributed by atoms with Crippen molar-refractivity contribution in [2.24, 2.45) is 0 Å². The second kappa shape index (κ2) is 66.8. The first kappa shape index (κ1) is 75.3. The standard InChI is InChI=1S/C73H126O6/c1-4-7-10-13-16-19-22-25-27-29-30-31-32-33-34-35-36-37-38-39-40-41-42-44-45-48-51-54-57-60-63-66-72(75)78-69-70(68-77-71(74)65-62-59-56-53-50-47-24-21-18-15-12-9-6-3)79-73(76)67-64-61-58-55-52-49-46-43-28-26-23-20-17-14-11-8-5-2/h8,11-12,15,17,20-21,24,26,28-30,46,49,55,58,70H,4-7,9-10,13-14,16,18-19,22-23,25,27,31-45,47-48,50-54,56-57,59-69H2,1-3H3/b11-8-,15-12-,20-17-,24-21-,28-26-,30-29-,49-46-,58-55-. The van der Waals surface area contributed by atoms with E-state index in [1.54, 1.807) is 0 Å². The highest BCUT2D eigenvalue weighted by Crippen LogP contribution is 2.17. The van der Waals surface area contributed by atoms with Crippen LogP contribution in [0.3, 0.4) is 0 Å². The average molecular weight is 1100 g/mol. The molecule has 0 radical (unpaired) electrons. The smallest absolute Gasteiger partial charge is 0.306 e. The molecule has 454 valence electrons. The summed E-state index contributed by atoms with van der Waals surface area (Å²) < 4.78 is 16.9. The molecule has 0 heterocycles. The number of carbonyl (C=O) groups excluding carboxylic acids is 3. The van der Waals surface area contributed by atoms with Gasteiger partial charge in [0.2, 0.25) is 0 Å². The van der Waals surface area contributed by atoms with E-state index in [4.69, 9.17) is 14.2 Å². The molecule has 0 aliphatic rings. The first-order valence-corrected chi connectivity index (χ1v) is 33.7. The largest absolute Gasteiger partial charge is 0.462 e. The Morgan fingerprint density at radius 3 is 0.873 bits per heavy atom. The molecule has 6 heteroatoms. The molecule has 0 aromatic rings. The summed E-state index contributed by atoms with van der Waals surface area (Å²) in [5.74, 6) is -0.967. The minimum Gasteiger partial charge on any atom is -0.462 e. The fourth-order valence-corrected chi connectivity index (χ4v) is 9.51. The third kappa shape index (κ3) is 65.0. The van der Waals surface area contributed by atoms with Crippen molar-refractivity contribution in [3.8, 4) is 0 Å². The van der Waals surface area contributed by atoms with E-state index in [2.05, 4.69) is 118 Å². The lowest BCUT2D eigenvalue weighted by atomic mass is 10.0. The Bertz CT molecular complexity index is 1540. The van der Waals surface area contributed by atoms with Crippen LogP contribution in [0.15, 0.2) is 97.2 Å². The molecule has 0 spiro atoms. The Hall–Kier alpha value is -3.67.